The minimum atomic E-state index is -4.07. The van der Waals surface area contributed by atoms with Crippen LogP contribution in [0.1, 0.15) is 48.6 Å². The summed E-state index contributed by atoms with van der Waals surface area (Å²) in [5.41, 5.74) is 6.58. The van der Waals surface area contributed by atoms with Crippen LogP contribution < -0.4 is 4.18 Å². The molecule has 2 heterocycles. The van der Waals surface area contributed by atoms with E-state index in [0.717, 1.165) is 55.2 Å². The predicted octanol–water partition coefficient (Wildman–Crippen LogP) is 3.28. The summed E-state index contributed by atoms with van der Waals surface area (Å²) < 4.78 is 32.9. The van der Waals surface area contributed by atoms with Gasteiger partial charge in [-0.25, -0.2) is 4.18 Å². The number of hydrogen-bond donors (Lipinski definition) is 0. The SMILES string of the molecule is CCC(=O)N1CCC(=C2c3ccc(OS(=O)(=O)OC)cc3CCc3cccnc32)CC1. The molecule has 0 bridgehead atoms. The molecule has 8 heteroatoms. The smallest absolute Gasteiger partial charge is 0.362 e. The van der Waals surface area contributed by atoms with E-state index in [4.69, 9.17) is 9.17 Å². The number of rotatable bonds is 4. The zero-order valence-electron chi connectivity index (χ0n) is 17.8. The first kappa shape index (κ1) is 21.5. The first-order chi connectivity index (χ1) is 14.9. The number of benzene rings is 1. The van der Waals surface area contributed by atoms with Crippen molar-refractivity contribution in [3.8, 4) is 5.75 Å². The second-order valence-electron chi connectivity index (χ2n) is 7.70. The van der Waals surface area contributed by atoms with Gasteiger partial charge >= 0.3 is 10.4 Å². The number of pyridine rings is 1. The van der Waals surface area contributed by atoms with Crippen molar-refractivity contribution in [1.29, 1.82) is 0 Å². The van der Waals surface area contributed by atoms with Gasteiger partial charge in [-0.2, -0.15) is 8.42 Å². The van der Waals surface area contributed by atoms with E-state index in [-0.39, 0.29) is 11.7 Å². The molecule has 164 valence electrons. The van der Waals surface area contributed by atoms with Crippen molar-refractivity contribution >= 4 is 21.9 Å². The van der Waals surface area contributed by atoms with Crippen molar-refractivity contribution in [1.82, 2.24) is 9.88 Å². The molecule has 31 heavy (non-hydrogen) atoms. The molecule has 0 atom stereocenters. The fraction of sp³-hybridized carbons (Fsp3) is 0.391. The van der Waals surface area contributed by atoms with Gasteiger partial charge in [0.25, 0.3) is 0 Å². The van der Waals surface area contributed by atoms with Crippen LogP contribution in [0, 0.1) is 0 Å². The lowest BCUT2D eigenvalue weighted by molar-refractivity contribution is -0.131. The van der Waals surface area contributed by atoms with E-state index in [1.165, 1.54) is 11.1 Å². The largest absolute Gasteiger partial charge is 0.448 e. The van der Waals surface area contributed by atoms with Gasteiger partial charge < -0.3 is 9.08 Å². The number of hydrogen-bond acceptors (Lipinski definition) is 6. The monoisotopic (exact) mass is 442 g/mol. The molecule has 1 aromatic heterocycles. The van der Waals surface area contributed by atoms with Crippen molar-refractivity contribution in [2.75, 3.05) is 20.2 Å². The average molecular weight is 443 g/mol. The van der Waals surface area contributed by atoms with Gasteiger partial charge in [0.2, 0.25) is 5.91 Å². The van der Waals surface area contributed by atoms with Gasteiger partial charge in [-0.1, -0.05) is 24.6 Å². The molecule has 0 unspecified atom stereocenters. The van der Waals surface area contributed by atoms with Gasteiger partial charge in [0.15, 0.2) is 0 Å². The molecule has 0 saturated carbocycles. The maximum atomic E-state index is 12.1. The molecule has 1 aliphatic carbocycles. The molecule has 2 aromatic rings. The first-order valence-electron chi connectivity index (χ1n) is 10.5. The van der Waals surface area contributed by atoms with Crippen molar-refractivity contribution in [3.63, 3.8) is 0 Å². The summed E-state index contributed by atoms with van der Waals surface area (Å²) in [6, 6.07) is 9.37. The Kier molecular flexibility index (Phi) is 6.11. The zero-order chi connectivity index (χ0) is 22.0. The number of fused-ring (bicyclic) bond motifs is 2. The minimum absolute atomic E-state index is 0.185. The summed E-state index contributed by atoms with van der Waals surface area (Å²) in [6.07, 6.45) is 5.47. The standard InChI is InChI=1S/C23H26N2O5S/c1-3-21(26)25-13-10-16(11-14-25)22-20-9-8-19(30-31(27,28)29-2)15-18(20)7-6-17-5-4-12-24-23(17)22/h4-5,8-9,12,15H,3,6-7,10-11,13-14H2,1-2H3. The molecular formula is C23H26N2O5S. The topological polar surface area (TPSA) is 85.8 Å². The van der Waals surface area contributed by atoms with Crippen molar-refractivity contribution in [2.24, 2.45) is 0 Å². The second kappa shape index (κ2) is 8.80. The molecule has 4 rings (SSSR count). The molecule has 1 fully saturated rings. The predicted molar refractivity (Wildman–Crippen MR) is 117 cm³/mol. The highest BCUT2D eigenvalue weighted by Gasteiger charge is 2.26. The van der Waals surface area contributed by atoms with Crippen molar-refractivity contribution in [2.45, 2.75) is 39.0 Å². The number of nitrogens with zero attached hydrogens (tertiary/aromatic N) is 2. The summed E-state index contributed by atoms with van der Waals surface area (Å²) in [6.45, 7) is 3.30. The highest BCUT2D eigenvalue weighted by atomic mass is 32.3. The van der Waals surface area contributed by atoms with Gasteiger partial charge in [0.05, 0.1) is 12.8 Å². The Morgan fingerprint density at radius 1 is 1.10 bits per heavy atom. The number of likely N-dealkylation sites (tertiary alicyclic amines) is 1. The van der Waals surface area contributed by atoms with E-state index in [1.54, 1.807) is 12.1 Å². The summed E-state index contributed by atoms with van der Waals surface area (Å²) >= 11 is 0. The van der Waals surface area contributed by atoms with Crippen LogP contribution in [-0.2, 0) is 32.2 Å². The highest BCUT2D eigenvalue weighted by molar-refractivity contribution is 7.82. The fourth-order valence-electron chi connectivity index (χ4n) is 4.34. The Hall–Kier alpha value is -2.71. The van der Waals surface area contributed by atoms with Gasteiger partial charge in [-0.15, -0.1) is 0 Å². The number of piperidine rings is 1. The molecule has 1 aliphatic heterocycles. The van der Waals surface area contributed by atoms with Gasteiger partial charge in [-0.05, 0) is 60.6 Å². The Balaban J connectivity index is 1.77. The minimum Gasteiger partial charge on any atom is -0.362 e. The van der Waals surface area contributed by atoms with Crippen LogP contribution >= 0.6 is 0 Å². The average Bonchev–Trinajstić information content (AvgIpc) is 2.95. The van der Waals surface area contributed by atoms with Crippen molar-refractivity contribution < 1.29 is 21.6 Å². The number of aromatic nitrogens is 1. The van der Waals surface area contributed by atoms with E-state index in [2.05, 4.69) is 10.2 Å². The lowest BCUT2D eigenvalue weighted by atomic mass is 9.88. The van der Waals surface area contributed by atoms with Gasteiger partial charge in [-0.3, -0.25) is 9.78 Å². The molecule has 2 aliphatic rings. The lowest BCUT2D eigenvalue weighted by Gasteiger charge is -2.30. The second-order valence-corrected chi connectivity index (χ2v) is 9.02. The Labute approximate surface area is 183 Å². The Morgan fingerprint density at radius 3 is 2.55 bits per heavy atom. The van der Waals surface area contributed by atoms with Crippen LogP contribution in [0.4, 0.5) is 0 Å². The van der Waals surface area contributed by atoms with Crippen LogP contribution in [0.5, 0.6) is 5.75 Å². The van der Waals surface area contributed by atoms with Crippen LogP contribution in [0.15, 0.2) is 42.1 Å². The highest BCUT2D eigenvalue weighted by Crippen LogP contribution is 2.39. The van der Waals surface area contributed by atoms with E-state index < -0.39 is 10.4 Å². The number of carbonyl (C=O) groups excluding carboxylic acids is 1. The quantitative estimate of drug-likeness (QED) is 0.722. The third-order valence-corrected chi connectivity index (χ3v) is 6.72. The van der Waals surface area contributed by atoms with Gasteiger partial charge in [0, 0.05) is 31.3 Å². The van der Waals surface area contributed by atoms with Crippen LogP contribution in [-0.4, -0.2) is 44.4 Å². The molecule has 7 nitrogen and oxygen atoms in total. The molecule has 1 amide bonds. The normalized spacial score (nSPS) is 16.4. The summed E-state index contributed by atoms with van der Waals surface area (Å²) in [5, 5.41) is 0. The first-order valence-corrected chi connectivity index (χ1v) is 11.8. The van der Waals surface area contributed by atoms with Crippen LogP contribution in [0.2, 0.25) is 0 Å². The van der Waals surface area contributed by atoms with E-state index in [1.807, 2.05) is 30.2 Å². The van der Waals surface area contributed by atoms with Crippen LogP contribution in [0.3, 0.4) is 0 Å². The molecule has 0 N–H and O–H groups in total. The Morgan fingerprint density at radius 2 is 1.84 bits per heavy atom. The molecule has 0 spiro atoms. The number of aryl methyl sites for hydroxylation is 2. The maximum Gasteiger partial charge on any atom is 0.448 e. The number of amides is 1. The molecule has 1 saturated heterocycles. The summed E-state index contributed by atoms with van der Waals surface area (Å²) in [4.78, 5) is 18.7. The maximum absolute atomic E-state index is 12.1. The molecule has 1 aromatic carbocycles. The number of carbonyl (C=O) groups is 1. The summed E-state index contributed by atoms with van der Waals surface area (Å²) in [7, 11) is -3.01. The lowest BCUT2D eigenvalue weighted by Crippen LogP contribution is -2.36. The fourth-order valence-corrected chi connectivity index (χ4v) is 4.75. The van der Waals surface area contributed by atoms with E-state index in [0.29, 0.717) is 19.5 Å². The third kappa shape index (κ3) is 4.50. The van der Waals surface area contributed by atoms with Crippen LogP contribution in [0.25, 0.3) is 5.57 Å². The Bertz CT molecular complexity index is 1130. The van der Waals surface area contributed by atoms with Crippen molar-refractivity contribution in [3.05, 3.63) is 64.5 Å². The zero-order valence-corrected chi connectivity index (χ0v) is 18.6. The molecule has 0 radical (unpaired) electrons. The third-order valence-electron chi connectivity index (χ3n) is 5.92. The van der Waals surface area contributed by atoms with E-state index in [9.17, 15) is 13.2 Å². The van der Waals surface area contributed by atoms with Gasteiger partial charge in [0.1, 0.15) is 5.75 Å². The van der Waals surface area contributed by atoms with E-state index >= 15 is 0 Å². The molecular weight excluding hydrogens is 416 g/mol. The summed E-state index contributed by atoms with van der Waals surface area (Å²) in [5.74, 6) is 0.414.